The maximum atomic E-state index is 12.4. The molecule has 0 aliphatic heterocycles. The molecule has 0 aromatic heterocycles. The van der Waals surface area contributed by atoms with Gasteiger partial charge in [-0.2, -0.15) is 0 Å². The molecule has 2 rings (SSSR count). The molecule has 0 spiro atoms. The number of aryl methyl sites for hydroxylation is 1. The number of carbonyl (C=O) groups excluding carboxylic acids is 1. The zero-order valence-corrected chi connectivity index (χ0v) is 15.4. The lowest BCUT2D eigenvalue weighted by Gasteiger charge is -2.15. The van der Waals surface area contributed by atoms with Gasteiger partial charge in [0.2, 0.25) is 0 Å². The van der Waals surface area contributed by atoms with Crippen molar-refractivity contribution >= 4 is 11.9 Å². The van der Waals surface area contributed by atoms with Gasteiger partial charge in [0.25, 0.3) is 5.91 Å². The molecule has 26 heavy (non-hydrogen) atoms. The van der Waals surface area contributed by atoms with Gasteiger partial charge < -0.3 is 15.2 Å². The van der Waals surface area contributed by atoms with E-state index in [1.54, 1.807) is 6.07 Å². The normalized spacial score (nSPS) is 11.7. The van der Waals surface area contributed by atoms with Crippen LogP contribution in [0.15, 0.2) is 42.5 Å². The molecule has 0 aliphatic rings. The van der Waals surface area contributed by atoms with E-state index in [4.69, 9.17) is 4.74 Å². The van der Waals surface area contributed by atoms with Crippen molar-refractivity contribution in [3.05, 3.63) is 64.7 Å². The van der Waals surface area contributed by atoms with Crippen LogP contribution in [-0.2, 0) is 11.2 Å². The van der Waals surface area contributed by atoms with Crippen LogP contribution in [0.2, 0.25) is 0 Å². The number of amides is 1. The highest BCUT2D eigenvalue weighted by molar-refractivity contribution is 5.96. The van der Waals surface area contributed by atoms with Crippen LogP contribution >= 0.6 is 0 Å². The topological polar surface area (TPSA) is 75.6 Å². The molecule has 1 unspecified atom stereocenters. The lowest BCUT2D eigenvalue weighted by atomic mass is 9.98. The quantitative estimate of drug-likeness (QED) is 0.761. The third kappa shape index (κ3) is 5.09. The lowest BCUT2D eigenvalue weighted by molar-refractivity contribution is -0.141. The van der Waals surface area contributed by atoms with Crippen molar-refractivity contribution in [1.29, 1.82) is 0 Å². The number of hydrogen-bond donors (Lipinski definition) is 2. The fourth-order valence-corrected chi connectivity index (χ4v) is 2.73. The predicted octanol–water partition coefficient (Wildman–Crippen LogP) is 3.38. The van der Waals surface area contributed by atoms with Gasteiger partial charge in [-0.25, -0.2) is 0 Å². The van der Waals surface area contributed by atoms with E-state index in [1.807, 2.05) is 57.2 Å². The van der Waals surface area contributed by atoms with Gasteiger partial charge in [-0.05, 0) is 62.1 Å². The molecule has 0 bridgehead atoms. The first kappa shape index (κ1) is 19.5. The molecule has 0 saturated heterocycles. The Balaban J connectivity index is 2.00. The Kier molecular flexibility index (Phi) is 6.78. The van der Waals surface area contributed by atoms with Crippen molar-refractivity contribution in [3.8, 4) is 5.75 Å². The molecule has 2 N–H and O–H groups in total. The number of benzene rings is 2. The molecule has 1 amide bonds. The predicted molar refractivity (Wildman–Crippen MR) is 101 cm³/mol. The maximum Gasteiger partial charge on any atom is 0.308 e. The van der Waals surface area contributed by atoms with E-state index in [2.05, 4.69) is 5.32 Å². The van der Waals surface area contributed by atoms with Crippen LogP contribution in [0.1, 0.15) is 34.0 Å². The number of carboxylic acids is 1. The van der Waals surface area contributed by atoms with Gasteiger partial charge in [-0.1, -0.05) is 24.3 Å². The standard InChI is InChI=1S/C21H25NO4/c1-4-26-18-10-8-16(9-11-18)12-17(21(24)25)13-22-20(23)19-7-5-6-14(2)15(19)3/h5-11,17H,4,12-13H2,1-3H3,(H,22,23)(H,24,25). The summed E-state index contributed by atoms with van der Waals surface area (Å²) in [7, 11) is 0. The fraction of sp³-hybridized carbons (Fsp3) is 0.333. The second-order valence-corrected chi connectivity index (χ2v) is 6.27. The minimum atomic E-state index is -0.930. The molecule has 5 nitrogen and oxygen atoms in total. The van der Waals surface area contributed by atoms with Crippen molar-refractivity contribution in [1.82, 2.24) is 5.32 Å². The second-order valence-electron chi connectivity index (χ2n) is 6.27. The van der Waals surface area contributed by atoms with Crippen LogP contribution in [0.4, 0.5) is 0 Å². The third-order valence-electron chi connectivity index (χ3n) is 4.42. The van der Waals surface area contributed by atoms with E-state index in [-0.39, 0.29) is 12.5 Å². The molecule has 5 heteroatoms. The molecule has 2 aromatic rings. The zero-order valence-electron chi connectivity index (χ0n) is 15.4. The monoisotopic (exact) mass is 355 g/mol. The van der Waals surface area contributed by atoms with Gasteiger partial charge in [-0.15, -0.1) is 0 Å². The van der Waals surface area contributed by atoms with Gasteiger partial charge in [0.05, 0.1) is 12.5 Å². The van der Waals surface area contributed by atoms with E-state index in [1.165, 1.54) is 0 Å². The molecule has 0 aliphatic carbocycles. The molecule has 2 aromatic carbocycles. The Morgan fingerprint density at radius 3 is 2.42 bits per heavy atom. The summed E-state index contributed by atoms with van der Waals surface area (Å²) < 4.78 is 5.39. The van der Waals surface area contributed by atoms with E-state index in [9.17, 15) is 14.7 Å². The molecule has 0 saturated carbocycles. The van der Waals surface area contributed by atoms with E-state index in [0.29, 0.717) is 18.6 Å². The third-order valence-corrected chi connectivity index (χ3v) is 4.42. The Bertz CT molecular complexity index is 768. The van der Waals surface area contributed by atoms with E-state index < -0.39 is 11.9 Å². The minimum absolute atomic E-state index is 0.0781. The highest BCUT2D eigenvalue weighted by Crippen LogP contribution is 2.16. The largest absolute Gasteiger partial charge is 0.494 e. The van der Waals surface area contributed by atoms with Crippen molar-refractivity contribution in [2.75, 3.05) is 13.2 Å². The molecular formula is C21H25NO4. The molecule has 0 radical (unpaired) electrons. The average molecular weight is 355 g/mol. The van der Waals surface area contributed by atoms with Crippen LogP contribution in [0.25, 0.3) is 0 Å². The fourth-order valence-electron chi connectivity index (χ4n) is 2.73. The summed E-state index contributed by atoms with van der Waals surface area (Å²) in [4.78, 5) is 24.0. The van der Waals surface area contributed by atoms with Gasteiger partial charge in [0, 0.05) is 12.1 Å². The first-order valence-electron chi connectivity index (χ1n) is 8.71. The molecule has 0 fully saturated rings. The summed E-state index contributed by atoms with van der Waals surface area (Å²) in [6.07, 6.45) is 0.342. The van der Waals surface area contributed by atoms with Crippen molar-refractivity contribution in [2.24, 2.45) is 5.92 Å². The van der Waals surface area contributed by atoms with Crippen molar-refractivity contribution in [2.45, 2.75) is 27.2 Å². The SMILES string of the molecule is CCOc1ccc(CC(CNC(=O)c2cccc(C)c2C)C(=O)O)cc1. The Labute approximate surface area is 154 Å². The van der Waals surface area contributed by atoms with Gasteiger partial charge in [0.1, 0.15) is 5.75 Å². The number of hydrogen-bond acceptors (Lipinski definition) is 3. The molecule has 0 heterocycles. The Hall–Kier alpha value is -2.82. The van der Waals surface area contributed by atoms with Gasteiger partial charge in [0.15, 0.2) is 0 Å². The number of carbonyl (C=O) groups is 2. The van der Waals surface area contributed by atoms with Crippen LogP contribution in [0.5, 0.6) is 5.75 Å². The highest BCUT2D eigenvalue weighted by Gasteiger charge is 2.20. The second kappa shape index (κ2) is 9.04. The number of aliphatic carboxylic acids is 1. The molecular weight excluding hydrogens is 330 g/mol. The van der Waals surface area contributed by atoms with Crippen molar-refractivity contribution in [3.63, 3.8) is 0 Å². The lowest BCUT2D eigenvalue weighted by Crippen LogP contribution is -2.34. The first-order valence-corrected chi connectivity index (χ1v) is 8.71. The molecule has 138 valence electrons. The summed E-state index contributed by atoms with van der Waals surface area (Å²) in [6.45, 7) is 6.40. The van der Waals surface area contributed by atoms with Crippen LogP contribution in [0, 0.1) is 19.8 Å². The number of carboxylic acid groups (broad SMARTS) is 1. The Morgan fingerprint density at radius 1 is 1.12 bits per heavy atom. The maximum absolute atomic E-state index is 12.4. The summed E-state index contributed by atoms with van der Waals surface area (Å²) >= 11 is 0. The smallest absolute Gasteiger partial charge is 0.308 e. The summed E-state index contributed by atoms with van der Waals surface area (Å²) in [5, 5.41) is 12.2. The summed E-state index contributed by atoms with van der Waals surface area (Å²) in [5.74, 6) is -1.11. The number of nitrogens with one attached hydrogen (secondary N) is 1. The van der Waals surface area contributed by atoms with Gasteiger partial charge in [-0.3, -0.25) is 9.59 Å². The van der Waals surface area contributed by atoms with Crippen LogP contribution in [-0.4, -0.2) is 30.1 Å². The zero-order chi connectivity index (χ0) is 19.1. The number of rotatable bonds is 8. The first-order chi connectivity index (χ1) is 12.4. The number of ether oxygens (including phenoxy) is 1. The Morgan fingerprint density at radius 2 is 1.81 bits per heavy atom. The molecule has 1 atom stereocenters. The average Bonchev–Trinajstić information content (AvgIpc) is 2.62. The van der Waals surface area contributed by atoms with Gasteiger partial charge >= 0.3 is 5.97 Å². The van der Waals surface area contributed by atoms with E-state index >= 15 is 0 Å². The summed E-state index contributed by atoms with van der Waals surface area (Å²) in [5.41, 5.74) is 3.40. The van der Waals surface area contributed by atoms with Crippen molar-refractivity contribution < 1.29 is 19.4 Å². The minimum Gasteiger partial charge on any atom is -0.494 e. The van der Waals surface area contributed by atoms with Crippen LogP contribution < -0.4 is 10.1 Å². The van der Waals surface area contributed by atoms with E-state index in [0.717, 1.165) is 22.4 Å². The highest BCUT2D eigenvalue weighted by atomic mass is 16.5. The summed E-state index contributed by atoms with van der Waals surface area (Å²) in [6, 6.07) is 12.9. The van der Waals surface area contributed by atoms with Crippen LogP contribution in [0.3, 0.4) is 0 Å².